The highest BCUT2D eigenvalue weighted by Gasteiger charge is 2.32. The molecule has 1 fully saturated rings. The first-order valence-corrected chi connectivity index (χ1v) is 8.15. The number of likely N-dealkylation sites (N-methyl/N-ethyl adjacent to an activating group) is 1. The molecule has 0 aromatic rings. The second-order valence-electron chi connectivity index (χ2n) is 6.14. The van der Waals surface area contributed by atoms with Gasteiger partial charge in [-0.3, -0.25) is 4.79 Å². The highest BCUT2D eigenvalue weighted by Crippen LogP contribution is 2.17. The molecule has 1 unspecified atom stereocenters. The molecule has 5 heteroatoms. The third-order valence-corrected chi connectivity index (χ3v) is 4.45. The first-order chi connectivity index (χ1) is 10.0. The van der Waals surface area contributed by atoms with Gasteiger partial charge in [-0.15, -0.1) is 0 Å². The van der Waals surface area contributed by atoms with Crippen molar-refractivity contribution in [3.63, 3.8) is 0 Å². The highest BCUT2D eigenvalue weighted by molar-refractivity contribution is 5.80. The lowest BCUT2D eigenvalue weighted by atomic mass is 9.94. The summed E-state index contributed by atoms with van der Waals surface area (Å²) in [7, 11) is 3.65. The zero-order valence-electron chi connectivity index (χ0n) is 14.1. The van der Waals surface area contributed by atoms with E-state index >= 15 is 0 Å². The van der Waals surface area contributed by atoms with E-state index in [4.69, 9.17) is 9.47 Å². The predicted octanol–water partition coefficient (Wildman–Crippen LogP) is 1.81. The largest absolute Gasteiger partial charge is 0.468 e. The molecule has 1 heterocycles. The fraction of sp³-hybridized carbons (Fsp3) is 0.938. The number of carbonyl (C=O) groups excluding carboxylic acids is 1. The maximum Gasteiger partial charge on any atom is 0.325 e. The molecule has 0 saturated carbocycles. The minimum absolute atomic E-state index is 0.165. The van der Waals surface area contributed by atoms with E-state index in [9.17, 15) is 4.79 Å². The molecule has 0 radical (unpaired) electrons. The summed E-state index contributed by atoms with van der Waals surface area (Å²) in [4.78, 5) is 14.3. The zero-order valence-corrected chi connectivity index (χ0v) is 14.1. The molecule has 0 spiro atoms. The molecule has 0 aromatic heterocycles. The van der Waals surface area contributed by atoms with E-state index < -0.39 is 5.54 Å². The van der Waals surface area contributed by atoms with Crippen LogP contribution in [-0.2, 0) is 14.3 Å². The molecule has 1 saturated heterocycles. The first-order valence-electron chi connectivity index (χ1n) is 8.15. The van der Waals surface area contributed by atoms with Crippen molar-refractivity contribution >= 4 is 5.97 Å². The van der Waals surface area contributed by atoms with Crippen LogP contribution in [0.3, 0.4) is 0 Å². The third kappa shape index (κ3) is 5.93. The molecule has 1 rings (SSSR count). The van der Waals surface area contributed by atoms with Gasteiger partial charge in [0.05, 0.1) is 7.11 Å². The summed E-state index contributed by atoms with van der Waals surface area (Å²) in [5.74, 6) is -0.165. The van der Waals surface area contributed by atoms with Crippen LogP contribution in [0.5, 0.6) is 0 Å². The van der Waals surface area contributed by atoms with Crippen LogP contribution in [-0.4, -0.2) is 62.9 Å². The standard InChI is InChI=1S/C16H32N2O3/c1-5-17-16(2,15(19)20-4)10-6-7-11-18(3)14-8-12-21-13-9-14/h14,17H,5-13H2,1-4H3. The maximum atomic E-state index is 11.9. The maximum absolute atomic E-state index is 11.9. The van der Waals surface area contributed by atoms with E-state index in [2.05, 4.69) is 17.3 Å². The summed E-state index contributed by atoms with van der Waals surface area (Å²) in [6.07, 6.45) is 5.20. The van der Waals surface area contributed by atoms with Crippen molar-refractivity contribution in [1.29, 1.82) is 0 Å². The Morgan fingerprint density at radius 3 is 2.62 bits per heavy atom. The molecular weight excluding hydrogens is 268 g/mol. The van der Waals surface area contributed by atoms with Gasteiger partial charge in [-0.25, -0.2) is 0 Å². The van der Waals surface area contributed by atoms with Gasteiger partial charge in [0.15, 0.2) is 0 Å². The number of nitrogens with zero attached hydrogens (tertiary/aromatic N) is 1. The molecule has 1 N–H and O–H groups in total. The third-order valence-electron chi connectivity index (χ3n) is 4.45. The van der Waals surface area contributed by atoms with Crippen molar-refractivity contribution in [2.75, 3.05) is 40.5 Å². The van der Waals surface area contributed by atoms with Crippen molar-refractivity contribution in [3.8, 4) is 0 Å². The number of carbonyl (C=O) groups is 1. The number of unbranched alkanes of at least 4 members (excludes halogenated alkanes) is 1. The van der Waals surface area contributed by atoms with Gasteiger partial charge in [-0.1, -0.05) is 6.92 Å². The number of rotatable bonds is 9. The van der Waals surface area contributed by atoms with Gasteiger partial charge in [0.1, 0.15) is 5.54 Å². The number of ether oxygens (including phenoxy) is 2. The van der Waals surface area contributed by atoms with E-state index in [1.807, 2.05) is 13.8 Å². The van der Waals surface area contributed by atoms with Crippen molar-refractivity contribution in [2.24, 2.45) is 0 Å². The molecule has 0 bridgehead atoms. The minimum Gasteiger partial charge on any atom is -0.468 e. The van der Waals surface area contributed by atoms with Crippen LogP contribution >= 0.6 is 0 Å². The molecule has 0 aliphatic carbocycles. The molecule has 0 aromatic carbocycles. The summed E-state index contributed by atoms with van der Waals surface area (Å²) >= 11 is 0. The first kappa shape index (κ1) is 18.4. The van der Waals surface area contributed by atoms with E-state index in [1.54, 1.807) is 0 Å². The number of hydrogen-bond acceptors (Lipinski definition) is 5. The normalized spacial score (nSPS) is 19.5. The Hall–Kier alpha value is -0.650. The average molecular weight is 300 g/mol. The van der Waals surface area contributed by atoms with E-state index in [-0.39, 0.29) is 5.97 Å². The van der Waals surface area contributed by atoms with Crippen LogP contribution < -0.4 is 5.32 Å². The fourth-order valence-corrected chi connectivity index (χ4v) is 3.03. The second kappa shape index (κ2) is 9.38. The van der Waals surface area contributed by atoms with Gasteiger partial charge in [0.2, 0.25) is 0 Å². The van der Waals surface area contributed by atoms with Gasteiger partial charge in [0.25, 0.3) is 0 Å². The summed E-state index contributed by atoms with van der Waals surface area (Å²) in [5, 5.41) is 3.26. The van der Waals surface area contributed by atoms with Gasteiger partial charge in [-0.2, -0.15) is 0 Å². The smallest absolute Gasteiger partial charge is 0.325 e. The molecule has 1 aliphatic rings. The number of nitrogens with one attached hydrogen (secondary N) is 1. The lowest BCUT2D eigenvalue weighted by Gasteiger charge is -2.32. The summed E-state index contributed by atoms with van der Waals surface area (Å²) in [6, 6.07) is 0.652. The molecule has 0 amide bonds. The Bertz CT molecular complexity index is 306. The Kier molecular flexibility index (Phi) is 8.22. The summed E-state index contributed by atoms with van der Waals surface area (Å²) in [5.41, 5.74) is -0.555. The highest BCUT2D eigenvalue weighted by atomic mass is 16.5. The van der Waals surface area contributed by atoms with E-state index in [0.717, 1.165) is 58.4 Å². The number of hydrogen-bond donors (Lipinski definition) is 1. The predicted molar refractivity (Wildman–Crippen MR) is 84.4 cm³/mol. The van der Waals surface area contributed by atoms with Crippen LogP contribution in [0.25, 0.3) is 0 Å². The Labute approximate surface area is 129 Å². The lowest BCUT2D eigenvalue weighted by Crippen LogP contribution is -2.50. The number of methoxy groups -OCH3 is 1. The molecule has 21 heavy (non-hydrogen) atoms. The summed E-state index contributed by atoms with van der Waals surface area (Å²) < 4.78 is 10.3. The van der Waals surface area contributed by atoms with Crippen LogP contribution in [0.1, 0.15) is 46.0 Å². The molecule has 1 aliphatic heterocycles. The van der Waals surface area contributed by atoms with Crippen molar-refractivity contribution in [1.82, 2.24) is 10.2 Å². The van der Waals surface area contributed by atoms with E-state index in [0.29, 0.717) is 6.04 Å². The van der Waals surface area contributed by atoms with Crippen molar-refractivity contribution in [3.05, 3.63) is 0 Å². The molecule has 5 nitrogen and oxygen atoms in total. The quantitative estimate of drug-likeness (QED) is 0.520. The van der Waals surface area contributed by atoms with Crippen LogP contribution in [0.4, 0.5) is 0 Å². The van der Waals surface area contributed by atoms with E-state index in [1.165, 1.54) is 7.11 Å². The molecular formula is C16H32N2O3. The molecule has 124 valence electrons. The lowest BCUT2D eigenvalue weighted by molar-refractivity contribution is -0.148. The van der Waals surface area contributed by atoms with Crippen molar-refractivity contribution in [2.45, 2.75) is 57.5 Å². The van der Waals surface area contributed by atoms with Crippen molar-refractivity contribution < 1.29 is 14.3 Å². The SMILES string of the molecule is CCNC(C)(CCCCN(C)C1CCOCC1)C(=O)OC. The van der Waals surface area contributed by atoms with Crippen LogP contribution in [0.15, 0.2) is 0 Å². The van der Waals surface area contributed by atoms with Crippen LogP contribution in [0.2, 0.25) is 0 Å². The fourth-order valence-electron chi connectivity index (χ4n) is 3.03. The molecule has 1 atom stereocenters. The minimum atomic E-state index is -0.555. The van der Waals surface area contributed by atoms with Gasteiger partial charge in [-0.05, 0) is 59.2 Å². The second-order valence-corrected chi connectivity index (χ2v) is 6.14. The topological polar surface area (TPSA) is 50.8 Å². The summed E-state index contributed by atoms with van der Waals surface area (Å²) in [6.45, 7) is 7.57. The zero-order chi connectivity index (χ0) is 15.7. The van der Waals surface area contributed by atoms with Gasteiger partial charge < -0.3 is 19.7 Å². The van der Waals surface area contributed by atoms with Gasteiger partial charge >= 0.3 is 5.97 Å². The van der Waals surface area contributed by atoms with Gasteiger partial charge in [0, 0.05) is 19.3 Å². The van der Waals surface area contributed by atoms with Crippen LogP contribution in [0, 0.1) is 0 Å². The average Bonchev–Trinajstić information content (AvgIpc) is 2.51. The monoisotopic (exact) mass is 300 g/mol. The Morgan fingerprint density at radius 2 is 2.05 bits per heavy atom. The Morgan fingerprint density at radius 1 is 1.38 bits per heavy atom. The number of esters is 1. The Balaban J connectivity index is 2.28.